The van der Waals surface area contributed by atoms with Crippen LogP contribution >= 0.6 is 0 Å². The summed E-state index contributed by atoms with van der Waals surface area (Å²) in [4.78, 5) is 24.6. The van der Waals surface area contributed by atoms with Crippen molar-refractivity contribution in [3.05, 3.63) is 120 Å². The molecule has 184 valence electrons. The maximum Gasteiger partial charge on any atom is 0.343 e. The second-order valence-electron chi connectivity index (χ2n) is 8.51. The highest BCUT2D eigenvalue weighted by Crippen LogP contribution is 2.24. The Morgan fingerprint density at radius 1 is 0.703 bits per heavy atom. The van der Waals surface area contributed by atoms with Crippen LogP contribution in [-0.2, 0) is 4.74 Å². The van der Waals surface area contributed by atoms with Crippen LogP contribution in [-0.4, -0.2) is 25.2 Å². The lowest BCUT2D eigenvalue weighted by Gasteiger charge is -2.14. The summed E-state index contributed by atoms with van der Waals surface area (Å²) < 4.78 is 16.6. The Labute approximate surface area is 215 Å². The molecule has 0 spiro atoms. The number of ether oxygens (including phenoxy) is 3. The van der Waals surface area contributed by atoms with E-state index in [1.165, 1.54) is 0 Å². The van der Waals surface area contributed by atoms with Gasteiger partial charge in [-0.2, -0.15) is 5.26 Å². The second-order valence-corrected chi connectivity index (χ2v) is 8.51. The molecule has 4 rings (SSSR count). The van der Waals surface area contributed by atoms with E-state index in [1.54, 1.807) is 72.8 Å². The monoisotopic (exact) mass is 491 g/mol. The fourth-order valence-corrected chi connectivity index (χ4v) is 3.47. The van der Waals surface area contributed by atoms with E-state index in [1.807, 2.05) is 37.3 Å². The molecule has 0 radical (unpaired) electrons. The van der Waals surface area contributed by atoms with Crippen LogP contribution in [0.3, 0.4) is 0 Å². The third-order valence-corrected chi connectivity index (χ3v) is 5.55. The van der Waals surface area contributed by atoms with Gasteiger partial charge in [-0.1, -0.05) is 49.4 Å². The molecule has 6 nitrogen and oxygen atoms in total. The summed E-state index contributed by atoms with van der Waals surface area (Å²) >= 11 is 0. The fourth-order valence-electron chi connectivity index (χ4n) is 3.47. The van der Waals surface area contributed by atoms with Gasteiger partial charge in [0.2, 0.25) is 0 Å². The Bertz CT molecular complexity index is 1370. The summed E-state index contributed by atoms with van der Waals surface area (Å²) in [5.41, 5.74) is 3.43. The average molecular weight is 492 g/mol. The smallest absolute Gasteiger partial charge is 0.343 e. The van der Waals surface area contributed by atoms with Crippen LogP contribution < -0.4 is 9.47 Å². The first-order valence-corrected chi connectivity index (χ1v) is 11.8. The SMILES string of the molecule is C[C@@H](COC(=O)c1ccccc1)COc1ccc(C(=O)Oc2ccc(-c3ccc(C#N)cc3)cc2)cc1. The van der Waals surface area contributed by atoms with Gasteiger partial charge in [0.05, 0.1) is 36.0 Å². The summed E-state index contributed by atoms with van der Waals surface area (Å²) in [6.45, 7) is 2.52. The van der Waals surface area contributed by atoms with Gasteiger partial charge in [-0.25, -0.2) is 9.59 Å². The number of benzene rings is 4. The number of carbonyl (C=O) groups excluding carboxylic acids is 2. The number of hydrogen-bond donors (Lipinski definition) is 0. The largest absolute Gasteiger partial charge is 0.493 e. The van der Waals surface area contributed by atoms with Crippen molar-refractivity contribution in [2.45, 2.75) is 6.92 Å². The van der Waals surface area contributed by atoms with E-state index in [2.05, 4.69) is 6.07 Å². The van der Waals surface area contributed by atoms with E-state index in [9.17, 15) is 9.59 Å². The van der Waals surface area contributed by atoms with Gasteiger partial charge in [0.25, 0.3) is 0 Å². The molecule has 0 fully saturated rings. The lowest BCUT2D eigenvalue weighted by Crippen LogP contribution is -2.18. The average Bonchev–Trinajstić information content (AvgIpc) is 2.96. The number of esters is 2. The van der Waals surface area contributed by atoms with Crippen molar-refractivity contribution < 1.29 is 23.8 Å². The van der Waals surface area contributed by atoms with E-state index < -0.39 is 5.97 Å². The van der Waals surface area contributed by atoms with Crippen molar-refractivity contribution in [1.29, 1.82) is 5.26 Å². The highest BCUT2D eigenvalue weighted by molar-refractivity contribution is 5.91. The summed E-state index contributed by atoms with van der Waals surface area (Å²) in [5, 5.41) is 8.93. The predicted molar refractivity (Wildman–Crippen MR) is 139 cm³/mol. The minimum Gasteiger partial charge on any atom is -0.493 e. The molecule has 0 bridgehead atoms. The molecule has 0 aliphatic rings. The summed E-state index contributed by atoms with van der Waals surface area (Å²) in [5.74, 6) is 0.189. The third-order valence-electron chi connectivity index (χ3n) is 5.55. The molecule has 1 atom stereocenters. The van der Waals surface area contributed by atoms with E-state index in [-0.39, 0.29) is 18.5 Å². The van der Waals surface area contributed by atoms with Crippen molar-refractivity contribution in [3.8, 4) is 28.7 Å². The van der Waals surface area contributed by atoms with E-state index in [0.29, 0.717) is 34.8 Å². The van der Waals surface area contributed by atoms with Crippen LogP contribution in [0.1, 0.15) is 33.2 Å². The minimum atomic E-state index is -0.473. The standard InChI is InChI=1S/C31H25NO5/c1-22(21-36-30(33)26-5-3-2-4-6-26)20-35-28-15-13-27(14-16-28)31(34)37-29-17-11-25(12-18-29)24-9-7-23(19-32)8-10-24/h2-18,22H,20-21H2,1H3/t22-/m1/s1. The van der Waals surface area contributed by atoms with Gasteiger partial charge >= 0.3 is 11.9 Å². The number of carbonyl (C=O) groups is 2. The van der Waals surface area contributed by atoms with Crippen molar-refractivity contribution in [2.75, 3.05) is 13.2 Å². The zero-order valence-corrected chi connectivity index (χ0v) is 20.3. The highest BCUT2D eigenvalue weighted by atomic mass is 16.5. The normalized spacial score (nSPS) is 11.1. The van der Waals surface area contributed by atoms with Gasteiger partial charge in [-0.3, -0.25) is 0 Å². The first-order valence-electron chi connectivity index (χ1n) is 11.8. The van der Waals surface area contributed by atoms with Gasteiger partial charge in [0.15, 0.2) is 0 Å². The Balaban J connectivity index is 1.24. The fraction of sp³-hybridized carbons (Fsp3) is 0.129. The van der Waals surface area contributed by atoms with Crippen LogP contribution in [0.25, 0.3) is 11.1 Å². The van der Waals surface area contributed by atoms with Crippen LogP contribution in [0.15, 0.2) is 103 Å². The van der Waals surface area contributed by atoms with Gasteiger partial charge in [-0.15, -0.1) is 0 Å². The molecule has 0 amide bonds. The quantitative estimate of drug-likeness (QED) is 0.201. The van der Waals surface area contributed by atoms with Crippen LogP contribution in [0.2, 0.25) is 0 Å². The number of hydrogen-bond acceptors (Lipinski definition) is 6. The van der Waals surface area contributed by atoms with Gasteiger partial charge in [0, 0.05) is 5.92 Å². The predicted octanol–water partition coefficient (Wildman–Crippen LogP) is 6.32. The molecule has 4 aromatic rings. The lowest BCUT2D eigenvalue weighted by molar-refractivity contribution is 0.0415. The van der Waals surface area contributed by atoms with E-state index >= 15 is 0 Å². The molecule has 37 heavy (non-hydrogen) atoms. The molecule has 0 aliphatic heterocycles. The minimum absolute atomic E-state index is 0.00967. The number of nitriles is 1. The molecule has 0 unspecified atom stereocenters. The zero-order chi connectivity index (χ0) is 26.0. The Kier molecular flexibility index (Phi) is 8.30. The third kappa shape index (κ3) is 7.06. The van der Waals surface area contributed by atoms with E-state index in [4.69, 9.17) is 19.5 Å². The summed E-state index contributed by atoms with van der Waals surface area (Å²) in [6.07, 6.45) is 0. The maximum absolute atomic E-state index is 12.5. The van der Waals surface area contributed by atoms with E-state index in [0.717, 1.165) is 11.1 Å². The van der Waals surface area contributed by atoms with Crippen molar-refractivity contribution in [1.82, 2.24) is 0 Å². The van der Waals surface area contributed by atoms with Gasteiger partial charge in [-0.05, 0) is 71.8 Å². The molecule has 0 saturated heterocycles. The van der Waals surface area contributed by atoms with Crippen LogP contribution in [0, 0.1) is 17.2 Å². The Hall–Kier alpha value is -4.89. The van der Waals surface area contributed by atoms with Gasteiger partial charge in [0.1, 0.15) is 11.5 Å². The molecule has 0 saturated carbocycles. The molecular weight excluding hydrogens is 466 g/mol. The summed E-state index contributed by atoms with van der Waals surface area (Å²) in [6, 6.07) is 32.1. The van der Waals surface area contributed by atoms with Gasteiger partial charge < -0.3 is 14.2 Å². The molecule has 4 aromatic carbocycles. The topological polar surface area (TPSA) is 85.6 Å². The maximum atomic E-state index is 12.5. The molecule has 0 N–H and O–H groups in total. The highest BCUT2D eigenvalue weighted by Gasteiger charge is 2.12. The lowest BCUT2D eigenvalue weighted by atomic mass is 10.0. The first kappa shape index (κ1) is 25.2. The molecule has 0 heterocycles. The summed E-state index contributed by atoms with van der Waals surface area (Å²) in [7, 11) is 0. The van der Waals surface area contributed by atoms with Crippen LogP contribution in [0.5, 0.6) is 11.5 Å². The van der Waals surface area contributed by atoms with Crippen molar-refractivity contribution in [3.63, 3.8) is 0 Å². The van der Waals surface area contributed by atoms with Crippen molar-refractivity contribution >= 4 is 11.9 Å². The molecular formula is C31H25NO5. The number of nitrogens with zero attached hydrogens (tertiary/aromatic N) is 1. The zero-order valence-electron chi connectivity index (χ0n) is 20.3. The molecule has 0 aromatic heterocycles. The molecule has 0 aliphatic carbocycles. The number of rotatable bonds is 9. The second kappa shape index (κ2) is 12.2. The molecule has 6 heteroatoms. The Morgan fingerprint density at radius 3 is 1.89 bits per heavy atom. The van der Waals surface area contributed by atoms with Crippen molar-refractivity contribution in [2.24, 2.45) is 5.92 Å². The Morgan fingerprint density at radius 2 is 1.27 bits per heavy atom. The first-order chi connectivity index (χ1) is 18.0. The van der Waals surface area contributed by atoms with Crippen LogP contribution in [0.4, 0.5) is 0 Å².